The zero-order valence-electron chi connectivity index (χ0n) is 24.6. The van der Waals surface area contributed by atoms with Gasteiger partial charge in [-0.05, 0) is 99.9 Å². The third-order valence-corrected chi connectivity index (χ3v) is 9.05. The summed E-state index contributed by atoms with van der Waals surface area (Å²) in [7, 11) is 0. The zero-order chi connectivity index (χ0) is 29.3. The summed E-state index contributed by atoms with van der Waals surface area (Å²) < 4.78 is 0. The monoisotopic (exact) mass is 572 g/mol. The van der Waals surface area contributed by atoms with Gasteiger partial charge in [0.25, 0.3) is 11.8 Å². The van der Waals surface area contributed by atoms with Crippen LogP contribution in [-0.4, -0.2) is 59.6 Å². The quantitative estimate of drug-likeness (QED) is 0.437. The molecular formula is C34H44N4O4. The number of carbonyl (C=O) groups is 4. The molecule has 42 heavy (non-hydrogen) atoms. The van der Waals surface area contributed by atoms with Crippen LogP contribution in [0.3, 0.4) is 0 Å². The predicted molar refractivity (Wildman–Crippen MR) is 164 cm³/mol. The maximum Gasteiger partial charge on any atom is 0.253 e. The summed E-state index contributed by atoms with van der Waals surface area (Å²) in [5.74, 6) is -0.240. The van der Waals surface area contributed by atoms with E-state index in [1.54, 1.807) is 48.5 Å². The van der Waals surface area contributed by atoms with Crippen molar-refractivity contribution in [3.8, 4) is 0 Å². The van der Waals surface area contributed by atoms with Gasteiger partial charge in [-0.15, -0.1) is 0 Å². The fourth-order valence-corrected chi connectivity index (χ4v) is 6.41. The summed E-state index contributed by atoms with van der Waals surface area (Å²) in [4.78, 5) is 55.4. The average Bonchev–Trinajstić information content (AvgIpc) is 3.47. The summed E-state index contributed by atoms with van der Waals surface area (Å²) in [6.45, 7) is 3.24. The second kappa shape index (κ2) is 14.5. The highest BCUT2D eigenvalue weighted by Gasteiger charge is 2.30. The van der Waals surface area contributed by atoms with Crippen LogP contribution in [0.25, 0.3) is 0 Å². The van der Waals surface area contributed by atoms with E-state index in [0.717, 1.165) is 51.9 Å². The van der Waals surface area contributed by atoms with Crippen molar-refractivity contribution < 1.29 is 19.2 Å². The topological polar surface area (TPSA) is 98.8 Å². The summed E-state index contributed by atoms with van der Waals surface area (Å²) in [6.07, 6.45) is 11.5. The number of hydrogen-bond donors (Lipinski definition) is 2. The normalized spacial score (nSPS) is 21.5. The number of likely N-dealkylation sites (tertiary alicyclic amines) is 2. The van der Waals surface area contributed by atoms with E-state index in [2.05, 4.69) is 10.6 Å². The molecule has 2 heterocycles. The highest BCUT2D eigenvalue weighted by Crippen LogP contribution is 2.31. The minimum atomic E-state index is -0.142. The lowest BCUT2D eigenvalue weighted by Crippen LogP contribution is -2.32. The number of benzene rings is 2. The second-order valence-corrected chi connectivity index (χ2v) is 12.1. The van der Waals surface area contributed by atoms with Crippen LogP contribution in [0.2, 0.25) is 0 Å². The van der Waals surface area contributed by atoms with Crippen molar-refractivity contribution in [3.63, 3.8) is 0 Å². The van der Waals surface area contributed by atoms with Crippen molar-refractivity contribution in [1.29, 1.82) is 0 Å². The molecular weight excluding hydrogens is 528 g/mol. The van der Waals surface area contributed by atoms with E-state index in [0.29, 0.717) is 48.2 Å². The van der Waals surface area contributed by atoms with Gasteiger partial charge in [0.1, 0.15) is 0 Å². The van der Waals surface area contributed by atoms with E-state index in [1.807, 2.05) is 9.80 Å². The smallest absolute Gasteiger partial charge is 0.253 e. The highest BCUT2D eigenvalue weighted by molar-refractivity contribution is 5.97. The molecule has 3 fully saturated rings. The lowest BCUT2D eigenvalue weighted by Gasteiger charge is -2.27. The van der Waals surface area contributed by atoms with E-state index >= 15 is 0 Å². The molecule has 0 aromatic heterocycles. The lowest BCUT2D eigenvalue weighted by atomic mass is 9.81. The Morgan fingerprint density at radius 1 is 0.476 bits per heavy atom. The Hall–Kier alpha value is -3.68. The largest absolute Gasteiger partial charge is 0.339 e. The molecule has 0 radical (unpaired) electrons. The van der Waals surface area contributed by atoms with Gasteiger partial charge < -0.3 is 20.4 Å². The molecule has 8 nitrogen and oxygen atoms in total. The Labute approximate surface area is 249 Å². The number of nitrogens with one attached hydrogen (secondary N) is 2. The lowest BCUT2D eigenvalue weighted by molar-refractivity contribution is -0.125. The van der Waals surface area contributed by atoms with Crippen molar-refractivity contribution in [1.82, 2.24) is 9.80 Å². The molecule has 1 saturated carbocycles. The minimum Gasteiger partial charge on any atom is -0.339 e. The molecule has 2 aromatic carbocycles. The first-order valence-electron chi connectivity index (χ1n) is 15.9. The van der Waals surface area contributed by atoms with Gasteiger partial charge in [0.15, 0.2) is 0 Å². The Morgan fingerprint density at radius 3 is 1.10 bits per heavy atom. The van der Waals surface area contributed by atoms with Crippen LogP contribution in [0.4, 0.5) is 11.4 Å². The fourth-order valence-electron chi connectivity index (χ4n) is 6.41. The second-order valence-electron chi connectivity index (χ2n) is 12.1. The van der Waals surface area contributed by atoms with Crippen LogP contribution < -0.4 is 10.6 Å². The molecule has 8 heteroatoms. The first-order chi connectivity index (χ1) is 20.5. The van der Waals surface area contributed by atoms with Crippen molar-refractivity contribution in [3.05, 3.63) is 59.7 Å². The van der Waals surface area contributed by atoms with Gasteiger partial charge in [-0.2, -0.15) is 0 Å². The maximum atomic E-state index is 12.9. The van der Waals surface area contributed by atoms with Crippen LogP contribution in [0, 0.1) is 11.8 Å². The number of hydrogen-bond acceptors (Lipinski definition) is 4. The molecule has 0 unspecified atom stereocenters. The number of carbonyl (C=O) groups excluding carboxylic acids is 4. The first kappa shape index (κ1) is 29.8. The molecule has 0 atom stereocenters. The molecule has 224 valence electrons. The van der Waals surface area contributed by atoms with Crippen LogP contribution in [0.15, 0.2) is 48.5 Å². The van der Waals surface area contributed by atoms with Gasteiger partial charge >= 0.3 is 0 Å². The third-order valence-electron chi connectivity index (χ3n) is 9.05. The Balaban J connectivity index is 1.06. The molecule has 2 N–H and O–H groups in total. The molecule has 5 rings (SSSR count). The summed E-state index contributed by atoms with van der Waals surface area (Å²) in [5, 5.41) is 5.99. The van der Waals surface area contributed by atoms with E-state index in [-0.39, 0.29) is 35.5 Å². The highest BCUT2D eigenvalue weighted by atomic mass is 16.2. The molecule has 0 bridgehead atoms. The zero-order valence-corrected chi connectivity index (χ0v) is 24.6. The number of rotatable bonds is 6. The summed E-state index contributed by atoms with van der Waals surface area (Å²) >= 11 is 0. The maximum absolute atomic E-state index is 12.9. The number of nitrogens with zero attached hydrogens (tertiary/aromatic N) is 2. The molecule has 2 aliphatic heterocycles. The summed E-state index contributed by atoms with van der Waals surface area (Å²) in [5.41, 5.74) is 2.68. The van der Waals surface area contributed by atoms with E-state index in [9.17, 15) is 19.2 Å². The van der Waals surface area contributed by atoms with Crippen molar-refractivity contribution in [2.45, 2.75) is 77.0 Å². The third kappa shape index (κ3) is 7.78. The fraction of sp³-hybridized carbons (Fsp3) is 0.529. The van der Waals surface area contributed by atoms with Crippen LogP contribution >= 0.6 is 0 Å². The Kier molecular flexibility index (Phi) is 10.3. The van der Waals surface area contributed by atoms with Crippen LogP contribution in [0.5, 0.6) is 0 Å². The van der Waals surface area contributed by atoms with E-state index < -0.39 is 0 Å². The van der Waals surface area contributed by atoms with Crippen molar-refractivity contribution >= 4 is 35.0 Å². The van der Waals surface area contributed by atoms with Crippen LogP contribution in [0.1, 0.15) is 97.8 Å². The molecule has 0 spiro atoms. The van der Waals surface area contributed by atoms with Gasteiger partial charge in [-0.25, -0.2) is 0 Å². The molecule has 2 saturated heterocycles. The standard InChI is InChI=1S/C34H44N4O4/c39-31(35-29-17-13-27(14-18-29)33(41)37-21-5-1-2-6-22-37)25-9-11-26(12-10-25)32(40)36-30-19-15-28(16-20-30)34(42)38-23-7-3-4-8-24-38/h13-20,25-26H,1-12,21-24H2,(H,35,39)(H,36,40). The first-order valence-corrected chi connectivity index (χ1v) is 15.9. The van der Waals surface area contributed by atoms with Gasteiger partial charge in [0.2, 0.25) is 11.8 Å². The van der Waals surface area contributed by atoms with Crippen LogP contribution in [-0.2, 0) is 9.59 Å². The predicted octanol–water partition coefficient (Wildman–Crippen LogP) is 6.10. The summed E-state index contributed by atoms with van der Waals surface area (Å²) in [6, 6.07) is 14.4. The Bertz CT molecular complexity index is 1120. The molecule has 4 amide bonds. The number of anilines is 2. The molecule has 3 aliphatic rings. The SMILES string of the molecule is O=C(Nc1ccc(C(=O)N2CCCCCC2)cc1)C1CCC(C(=O)Nc2ccc(C(=O)N3CCCCCC3)cc2)CC1. The molecule has 2 aromatic rings. The minimum absolute atomic E-state index is 0.0369. The van der Waals surface area contributed by atoms with Gasteiger partial charge in [0.05, 0.1) is 0 Å². The Morgan fingerprint density at radius 2 is 0.786 bits per heavy atom. The van der Waals surface area contributed by atoms with Gasteiger partial charge in [0, 0.05) is 60.5 Å². The van der Waals surface area contributed by atoms with E-state index in [4.69, 9.17) is 0 Å². The van der Waals surface area contributed by atoms with E-state index in [1.165, 1.54) is 25.7 Å². The average molecular weight is 573 g/mol. The van der Waals surface area contributed by atoms with Crippen molar-refractivity contribution in [2.24, 2.45) is 11.8 Å². The van der Waals surface area contributed by atoms with Gasteiger partial charge in [-0.3, -0.25) is 19.2 Å². The number of amides is 4. The molecule has 1 aliphatic carbocycles. The van der Waals surface area contributed by atoms with Crippen molar-refractivity contribution in [2.75, 3.05) is 36.8 Å². The van der Waals surface area contributed by atoms with Gasteiger partial charge in [-0.1, -0.05) is 25.7 Å².